The molecule has 0 amide bonds. The highest BCUT2D eigenvalue weighted by Crippen LogP contribution is 2.49. The van der Waals surface area contributed by atoms with Crippen LogP contribution in [0.2, 0.25) is 18.1 Å². The molecule has 1 N–H and O–H groups in total. The SMILES string of the molecule is CC(C)(C[C@H]1C[C@@H](CSc2cccc(C(F)(F)F)c2)C1)[Si](C)(C)O. The summed E-state index contributed by atoms with van der Waals surface area (Å²) < 4.78 is 38.2. The Balaban J connectivity index is 1.79. The highest BCUT2D eigenvalue weighted by Gasteiger charge is 2.42. The molecular formula is C18H27F3OSSi. The van der Waals surface area contributed by atoms with E-state index in [9.17, 15) is 18.0 Å². The van der Waals surface area contributed by atoms with Crippen LogP contribution in [0.5, 0.6) is 0 Å². The van der Waals surface area contributed by atoms with Crippen molar-refractivity contribution in [2.24, 2.45) is 11.8 Å². The maximum absolute atomic E-state index is 12.7. The fourth-order valence-electron chi connectivity index (χ4n) is 3.12. The molecule has 1 aromatic carbocycles. The molecule has 1 fully saturated rings. The Bertz CT molecular complexity index is 560. The zero-order valence-corrected chi connectivity index (χ0v) is 16.6. The summed E-state index contributed by atoms with van der Waals surface area (Å²) in [6.45, 7) is 8.30. The summed E-state index contributed by atoms with van der Waals surface area (Å²) in [7, 11) is -2.16. The average Bonchev–Trinajstić information content (AvgIpc) is 2.39. The largest absolute Gasteiger partial charge is 0.432 e. The second-order valence-corrected chi connectivity index (χ2v) is 13.8. The van der Waals surface area contributed by atoms with Crippen LogP contribution in [0.3, 0.4) is 0 Å². The van der Waals surface area contributed by atoms with Gasteiger partial charge in [-0.05, 0) is 67.4 Å². The van der Waals surface area contributed by atoms with Crippen LogP contribution in [0.15, 0.2) is 29.2 Å². The lowest BCUT2D eigenvalue weighted by Gasteiger charge is -2.43. The van der Waals surface area contributed by atoms with Crippen molar-refractivity contribution in [3.8, 4) is 0 Å². The number of halogens is 3. The van der Waals surface area contributed by atoms with E-state index in [0.29, 0.717) is 16.7 Å². The molecule has 2 rings (SSSR count). The number of rotatable bonds is 6. The van der Waals surface area contributed by atoms with E-state index in [-0.39, 0.29) is 5.04 Å². The highest BCUT2D eigenvalue weighted by atomic mass is 32.2. The topological polar surface area (TPSA) is 20.2 Å². The van der Waals surface area contributed by atoms with Gasteiger partial charge in [-0.3, -0.25) is 0 Å². The molecule has 0 aromatic heterocycles. The van der Waals surface area contributed by atoms with Gasteiger partial charge in [0.1, 0.15) is 0 Å². The lowest BCUT2D eigenvalue weighted by atomic mass is 9.72. The summed E-state index contributed by atoms with van der Waals surface area (Å²) in [5, 5.41) is 0.0107. The van der Waals surface area contributed by atoms with Gasteiger partial charge >= 0.3 is 6.18 Å². The molecule has 1 aliphatic carbocycles. The molecule has 1 aromatic rings. The summed E-state index contributed by atoms with van der Waals surface area (Å²) in [5.41, 5.74) is -0.573. The Hall–Kier alpha value is -0.463. The van der Waals surface area contributed by atoms with Crippen LogP contribution in [-0.2, 0) is 6.18 Å². The molecule has 136 valence electrons. The van der Waals surface area contributed by atoms with Crippen molar-refractivity contribution in [3.05, 3.63) is 29.8 Å². The van der Waals surface area contributed by atoms with Gasteiger partial charge < -0.3 is 4.80 Å². The molecule has 0 saturated heterocycles. The van der Waals surface area contributed by atoms with E-state index in [1.54, 1.807) is 6.07 Å². The number of hydrogen-bond donors (Lipinski definition) is 1. The average molecular weight is 377 g/mol. The van der Waals surface area contributed by atoms with E-state index in [1.807, 2.05) is 13.1 Å². The van der Waals surface area contributed by atoms with Gasteiger partial charge in [0.15, 0.2) is 8.32 Å². The van der Waals surface area contributed by atoms with Crippen LogP contribution in [0.25, 0.3) is 0 Å². The van der Waals surface area contributed by atoms with E-state index < -0.39 is 20.1 Å². The number of benzene rings is 1. The summed E-state index contributed by atoms with van der Waals surface area (Å²) in [6, 6.07) is 5.58. The minimum Gasteiger partial charge on any atom is -0.432 e. The Kier molecular flexibility index (Phi) is 5.82. The van der Waals surface area contributed by atoms with Gasteiger partial charge in [-0.25, -0.2) is 0 Å². The van der Waals surface area contributed by atoms with Gasteiger partial charge in [0.2, 0.25) is 0 Å². The smallest absolute Gasteiger partial charge is 0.416 e. The van der Waals surface area contributed by atoms with Crippen molar-refractivity contribution >= 4 is 20.1 Å². The third kappa shape index (κ3) is 5.02. The maximum atomic E-state index is 12.7. The second-order valence-electron chi connectivity index (χ2n) is 8.19. The fourth-order valence-corrected chi connectivity index (χ4v) is 5.00. The van der Waals surface area contributed by atoms with Gasteiger partial charge in [0.05, 0.1) is 5.56 Å². The van der Waals surface area contributed by atoms with Crippen molar-refractivity contribution in [2.75, 3.05) is 5.75 Å². The van der Waals surface area contributed by atoms with Gasteiger partial charge in [0, 0.05) is 10.6 Å². The highest BCUT2D eigenvalue weighted by molar-refractivity contribution is 7.99. The minimum atomic E-state index is -4.27. The Labute approximate surface area is 148 Å². The van der Waals surface area contributed by atoms with Gasteiger partial charge in [-0.1, -0.05) is 19.9 Å². The molecule has 0 heterocycles. The van der Waals surface area contributed by atoms with E-state index >= 15 is 0 Å². The first-order valence-electron chi connectivity index (χ1n) is 8.41. The molecule has 0 spiro atoms. The molecule has 24 heavy (non-hydrogen) atoms. The number of thioether (sulfide) groups is 1. The summed E-state index contributed by atoms with van der Waals surface area (Å²) in [5.74, 6) is 2.10. The molecule has 1 nitrogen and oxygen atoms in total. The molecule has 0 unspecified atom stereocenters. The third-order valence-electron chi connectivity index (χ3n) is 5.44. The van der Waals surface area contributed by atoms with Crippen molar-refractivity contribution in [2.45, 2.75) is 62.3 Å². The van der Waals surface area contributed by atoms with E-state index in [1.165, 1.54) is 23.9 Å². The lowest BCUT2D eigenvalue weighted by Crippen LogP contribution is -2.42. The Morgan fingerprint density at radius 3 is 2.33 bits per heavy atom. The van der Waals surface area contributed by atoms with E-state index in [4.69, 9.17) is 0 Å². The standard InChI is InChI=1S/C18H27F3OSSi/c1-17(2,24(3,4)22)11-13-8-14(9-13)12-23-16-7-5-6-15(10-16)18(19,20)21/h5-7,10,13-14,22H,8-9,11-12H2,1-4H3/t13-,14+. The summed E-state index contributed by atoms with van der Waals surface area (Å²) in [6.07, 6.45) is -0.974. The van der Waals surface area contributed by atoms with Crippen LogP contribution in [0.1, 0.15) is 38.7 Å². The number of hydrogen-bond acceptors (Lipinski definition) is 2. The van der Waals surface area contributed by atoms with Crippen LogP contribution in [-0.4, -0.2) is 18.9 Å². The molecule has 1 saturated carbocycles. The second kappa shape index (κ2) is 7.04. The Morgan fingerprint density at radius 1 is 1.17 bits per heavy atom. The first kappa shape index (κ1) is 19.9. The first-order chi connectivity index (χ1) is 10.9. The molecule has 0 bridgehead atoms. The minimum absolute atomic E-state index is 0.0107. The zero-order chi connectivity index (χ0) is 18.2. The van der Waals surface area contributed by atoms with Crippen molar-refractivity contribution in [1.82, 2.24) is 0 Å². The summed E-state index contributed by atoms with van der Waals surface area (Å²) in [4.78, 5) is 11.1. The molecule has 6 heteroatoms. The fraction of sp³-hybridized carbons (Fsp3) is 0.667. The predicted octanol–water partition coefficient (Wildman–Crippen LogP) is 6.19. The molecule has 1 aliphatic rings. The Morgan fingerprint density at radius 2 is 1.79 bits per heavy atom. The first-order valence-corrected chi connectivity index (χ1v) is 12.3. The monoisotopic (exact) mass is 376 g/mol. The molecule has 0 aliphatic heterocycles. The predicted molar refractivity (Wildman–Crippen MR) is 96.7 cm³/mol. The maximum Gasteiger partial charge on any atom is 0.416 e. The molecular weight excluding hydrogens is 349 g/mol. The van der Waals surface area contributed by atoms with E-state index in [0.717, 1.165) is 31.1 Å². The van der Waals surface area contributed by atoms with Crippen LogP contribution in [0.4, 0.5) is 13.2 Å². The summed E-state index contributed by atoms with van der Waals surface area (Å²) >= 11 is 1.52. The van der Waals surface area contributed by atoms with Gasteiger partial charge in [-0.2, -0.15) is 13.2 Å². The van der Waals surface area contributed by atoms with Gasteiger partial charge in [-0.15, -0.1) is 11.8 Å². The van der Waals surface area contributed by atoms with E-state index in [2.05, 4.69) is 13.8 Å². The van der Waals surface area contributed by atoms with Crippen molar-refractivity contribution in [1.29, 1.82) is 0 Å². The molecule has 0 atom stereocenters. The number of alkyl halides is 3. The van der Waals surface area contributed by atoms with Crippen molar-refractivity contribution in [3.63, 3.8) is 0 Å². The third-order valence-corrected chi connectivity index (χ3v) is 10.2. The van der Waals surface area contributed by atoms with Crippen molar-refractivity contribution < 1.29 is 18.0 Å². The lowest BCUT2D eigenvalue weighted by molar-refractivity contribution is -0.137. The normalized spacial score (nSPS) is 22.3. The zero-order valence-electron chi connectivity index (χ0n) is 14.8. The molecule has 0 radical (unpaired) electrons. The van der Waals surface area contributed by atoms with Crippen LogP contribution < -0.4 is 0 Å². The van der Waals surface area contributed by atoms with Crippen LogP contribution in [0, 0.1) is 11.8 Å². The van der Waals surface area contributed by atoms with Gasteiger partial charge in [0.25, 0.3) is 0 Å². The van der Waals surface area contributed by atoms with Crippen LogP contribution >= 0.6 is 11.8 Å². The quantitative estimate of drug-likeness (QED) is 0.472.